The monoisotopic (exact) mass is 435 g/mol. The van der Waals surface area contributed by atoms with Crippen LogP contribution in [0.1, 0.15) is 46.4 Å². The number of likely N-dealkylation sites (tertiary alicyclic amines) is 1. The number of anilines is 1. The van der Waals surface area contributed by atoms with Gasteiger partial charge in [0.05, 0.1) is 6.10 Å². The van der Waals surface area contributed by atoms with E-state index in [-0.39, 0.29) is 29.7 Å². The molecule has 2 N–H and O–H groups in total. The second-order valence-corrected chi connectivity index (χ2v) is 8.34. The van der Waals surface area contributed by atoms with E-state index in [4.69, 9.17) is 4.74 Å². The van der Waals surface area contributed by atoms with Gasteiger partial charge in [0.1, 0.15) is 0 Å². The summed E-state index contributed by atoms with van der Waals surface area (Å²) in [6, 6.07) is 15.9. The van der Waals surface area contributed by atoms with E-state index >= 15 is 0 Å². The highest BCUT2D eigenvalue weighted by Crippen LogP contribution is 2.21. The molecule has 2 heterocycles. The Morgan fingerprint density at radius 2 is 1.62 bits per heavy atom. The van der Waals surface area contributed by atoms with Crippen LogP contribution in [0, 0.1) is 5.92 Å². The molecule has 0 aliphatic carbocycles. The highest BCUT2D eigenvalue weighted by atomic mass is 16.5. The van der Waals surface area contributed by atoms with Crippen molar-refractivity contribution in [3.63, 3.8) is 0 Å². The van der Waals surface area contributed by atoms with Gasteiger partial charge < -0.3 is 20.3 Å². The lowest BCUT2D eigenvalue weighted by atomic mass is 9.95. The Morgan fingerprint density at radius 1 is 0.906 bits per heavy atom. The van der Waals surface area contributed by atoms with E-state index in [0.29, 0.717) is 49.3 Å². The maximum Gasteiger partial charge on any atom is 0.255 e. The first-order chi connectivity index (χ1) is 15.6. The van der Waals surface area contributed by atoms with Gasteiger partial charge in [-0.15, -0.1) is 0 Å². The predicted molar refractivity (Wildman–Crippen MR) is 121 cm³/mol. The number of nitrogens with one attached hydrogen (secondary N) is 2. The van der Waals surface area contributed by atoms with Gasteiger partial charge >= 0.3 is 0 Å². The Balaban J connectivity index is 1.25. The van der Waals surface area contributed by atoms with Crippen LogP contribution in [0.15, 0.2) is 54.6 Å². The SMILES string of the molecule is O=C(Nc1ccc(C(=O)N2CCC(C(=O)NCC3CCCO3)CC2)cc1)c1ccccc1. The molecule has 1 unspecified atom stereocenters. The van der Waals surface area contributed by atoms with Gasteiger partial charge in [-0.05, 0) is 62.1 Å². The summed E-state index contributed by atoms with van der Waals surface area (Å²) in [5, 5.41) is 5.84. The predicted octanol–water partition coefficient (Wildman–Crippen LogP) is 3.09. The number of carbonyl (C=O) groups is 3. The molecule has 168 valence electrons. The summed E-state index contributed by atoms with van der Waals surface area (Å²) < 4.78 is 5.55. The Labute approximate surface area is 188 Å². The molecule has 2 saturated heterocycles. The molecule has 0 aromatic heterocycles. The number of benzene rings is 2. The quantitative estimate of drug-likeness (QED) is 0.730. The maximum absolute atomic E-state index is 12.9. The van der Waals surface area contributed by atoms with Gasteiger partial charge in [-0.25, -0.2) is 0 Å². The summed E-state index contributed by atoms with van der Waals surface area (Å²) in [6.07, 6.45) is 3.52. The molecule has 2 aliphatic heterocycles. The highest BCUT2D eigenvalue weighted by Gasteiger charge is 2.28. The number of hydrogen-bond donors (Lipinski definition) is 2. The standard InChI is InChI=1S/C25H29N3O4/c29-23(26-17-22-7-4-16-32-22)19-12-14-28(15-13-19)25(31)20-8-10-21(11-9-20)27-24(30)18-5-2-1-3-6-18/h1-3,5-6,8-11,19,22H,4,7,12-17H2,(H,26,29)(H,27,30). The number of nitrogens with zero attached hydrogens (tertiary/aromatic N) is 1. The van der Waals surface area contributed by atoms with Crippen molar-refractivity contribution in [3.8, 4) is 0 Å². The van der Waals surface area contributed by atoms with Crippen LogP contribution in [0.5, 0.6) is 0 Å². The molecule has 0 radical (unpaired) electrons. The van der Waals surface area contributed by atoms with Gasteiger partial charge in [-0.2, -0.15) is 0 Å². The first kappa shape index (κ1) is 22.0. The minimum atomic E-state index is -0.190. The summed E-state index contributed by atoms with van der Waals surface area (Å²) >= 11 is 0. The van der Waals surface area contributed by atoms with Crippen LogP contribution < -0.4 is 10.6 Å². The van der Waals surface area contributed by atoms with E-state index in [2.05, 4.69) is 10.6 Å². The van der Waals surface area contributed by atoms with Crippen LogP contribution >= 0.6 is 0 Å². The summed E-state index contributed by atoms with van der Waals surface area (Å²) in [4.78, 5) is 39.3. The average Bonchev–Trinajstić information content (AvgIpc) is 3.37. The minimum absolute atomic E-state index is 0.0517. The number of rotatable bonds is 6. The lowest BCUT2D eigenvalue weighted by Crippen LogP contribution is -2.44. The van der Waals surface area contributed by atoms with Gasteiger partial charge in [-0.1, -0.05) is 18.2 Å². The zero-order chi connectivity index (χ0) is 22.3. The first-order valence-electron chi connectivity index (χ1n) is 11.3. The first-order valence-corrected chi connectivity index (χ1v) is 11.3. The van der Waals surface area contributed by atoms with Crippen molar-refractivity contribution in [2.75, 3.05) is 31.6 Å². The number of carbonyl (C=O) groups excluding carboxylic acids is 3. The van der Waals surface area contributed by atoms with Crippen molar-refractivity contribution in [2.24, 2.45) is 5.92 Å². The molecule has 7 nitrogen and oxygen atoms in total. The number of ether oxygens (including phenoxy) is 1. The van der Waals surface area contributed by atoms with Gasteiger partial charge in [0.25, 0.3) is 11.8 Å². The molecule has 2 aromatic rings. The molecule has 0 saturated carbocycles. The molecule has 4 rings (SSSR count). The second-order valence-electron chi connectivity index (χ2n) is 8.34. The third kappa shape index (κ3) is 5.53. The lowest BCUT2D eigenvalue weighted by Gasteiger charge is -2.31. The van der Waals surface area contributed by atoms with E-state index < -0.39 is 0 Å². The number of piperidine rings is 1. The third-order valence-electron chi connectivity index (χ3n) is 6.11. The van der Waals surface area contributed by atoms with Crippen molar-refractivity contribution < 1.29 is 19.1 Å². The largest absolute Gasteiger partial charge is 0.376 e. The minimum Gasteiger partial charge on any atom is -0.376 e. The smallest absolute Gasteiger partial charge is 0.255 e. The second kappa shape index (κ2) is 10.4. The number of hydrogen-bond acceptors (Lipinski definition) is 4. The van der Waals surface area contributed by atoms with Gasteiger partial charge in [0.2, 0.25) is 5.91 Å². The van der Waals surface area contributed by atoms with Gasteiger partial charge in [-0.3, -0.25) is 14.4 Å². The fourth-order valence-corrected chi connectivity index (χ4v) is 4.18. The molecule has 2 aromatic carbocycles. The van der Waals surface area contributed by atoms with Crippen molar-refractivity contribution in [1.29, 1.82) is 0 Å². The fourth-order valence-electron chi connectivity index (χ4n) is 4.18. The third-order valence-corrected chi connectivity index (χ3v) is 6.11. The Morgan fingerprint density at radius 3 is 2.28 bits per heavy atom. The molecule has 32 heavy (non-hydrogen) atoms. The van der Waals surface area contributed by atoms with Crippen LogP contribution in [0.2, 0.25) is 0 Å². The molecule has 1 atom stereocenters. The lowest BCUT2D eigenvalue weighted by molar-refractivity contribution is -0.126. The Bertz CT molecular complexity index is 931. The molecule has 0 bridgehead atoms. The molecular formula is C25H29N3O4. The highest BCUT2D eigenvalue weighted by molar-refractivity contribution is 6.04. The Kier molecular flexibility index (Phi) is 7.17. The van der Waals surface area contributed by atoms with E-state index in [0.717, 1.165) is 19.4 Å². The molecule has 2 fully saturated rings. The summed E-state index contributed by atoms with van der Waals surface area (Å²) in [6.45, 7) is 2.47. The van der Waals surface area contributed by atoms with E-state index in [9.17, 15) is 14.4 Å². The number of amides is 3. The van der Waals surface area contributed by atoms with E-state index in [1.165, 1.54) is 0 Å². The van der Waals surface area contributed by atoms with Gasteiger partial charge in [0.15, 0.2) is 0 Å². The van der Waals surface area contributed by atoms with Crippen molar-refractivity contribution >= 4 is 23.4 Å². The van der Waals surface area contributed by atoms with Crippen molar-refractivity contribution in [3.05, 3.63) is 65.7 Å². The summed E-state index contributed by atoms with van der Waals surface area (Å²) in [5.74, 6) is -0.240. The van der Waals surface area contributed by atoms with Gasteiger partial charge in [0, 0.05) is 49.0 Å². The van der Waals surface area contributed by atoms with Crippen LogP contribution in [-0.4, -0.2) is 55.0 Å². The Hall–Kier alpha value is -3.19. The van der Waals surface area contributed by atoms with Crippen LogP contribution in [0.3, 0.4) is 0 Å². The van der Waals surface area contributed by atoms with E-state index in [1.807, 2.05) is 18.2 Å². The summed E-state index contributed by atoms with van der Waals surface area (Å²) in [5.41, 5.74) is 1.79. The molecular weight excluding hydrogens is 406 g/mol. The van der Waals surface area contributed by atoms with Crippen molar-refractivity contribution in [2.45, 2.75) is 31.8 Å². The van der Waals surface area contributed by atoms with Crippen LogP contribution in [0.4, 0.5) is 5.69 Å². The topological polar surface area (TPSA) is 87.7 Å². The molecule has 0 spiro atoms. The van der Waals surface area contributed by atoms with Crippen LogP contribution in [-0.2, 0) is 9.53 Å². The van der Waals surface area contributed by atoms with E-state index in [1.54, 1.807) is 41.3 Å². The molecule has 7 heteroatoms. The molecule has 3 amide bonds. The van der Waals surface area contributed by atoms with Crippen molar-refractivity contribution in [1.82, 2.24) is 10.2 Å². The normalized spacial score (nSPS) is 18.9. The summed E-state index contributed by atoms with van der Waals surface area (Å²) in [7, 11) is 0. The average molecular weight is 436 g/mol. The molecule has 2 aliphatic rings. The fraction of sp³-hybridized carbons (Fsp3) is 0.400. The van der Waals surface area contributed by atoms with Crippen LogP contribution in [0.25, 0.3) is 0 Å². The zero-order valence-corrected chi connectivity index (χ0v) is 18.1. The zero-order valence-electron chi connectivity index (χ0n) is 18.1. The maximum atomic E-state index is 12.9.